The molecule has 1 N–H and O–H groups in total. The molecule has 0 radical (unpaired) electrons. The molecule has 0 amide bonds. The number of piperidine rings is 1. The molecule has 0 aromatic heterocycles. The molecule has 1 aromatic rings. The summed E-state index contributed by atoms with van der Waals surface area (Å²) in [7, 11) is -3.20. The van der Waals surface area contributed by atoms with Gasteiger partial charge in [0.05, 0.1) is 6.26 Å². The number of hydrogen-bond acceptors (Lipinski definition) is 3. The van der Waals surface area contributed by atoms with Crippen LogP contribution in [0, 0.1) is 17.6 Å². The molecule has 1 unspecified atom stereocenters. The van der Waals surface area contributed by atoms with E-state index in [0.29, 0.717) is 19.6 Å². The molecule has 20 heavy (non-hydrogen) atoms. The number of halogens is 2. The molecular formula is C13H18F2N2O2S. The first-order valence-electron chi connectivity index (χ1n) is 6.51. The fourth-order valence-corrected chi connectivity index (χ4v) is 3.35. The fourth-order valence-electron chi connectivity index (χ4n) is 2.41. The van der Waals surface area contributed by atoms with Crippen LogP contribution in [-0.4, -0.2) is 38.6 Å². The summed E-state index contributed by atoms with van der Waals surface area (Å²) < 4.78 is 51.3. The lowest BCUT2D eigenvalue weighted by Gasteiger charge is -2.31. The lowest BCUT2D eigenvalue weighted by molar-refractivity contribution is 0.276. The van der Waals surface area contributed by atoms with E-state index < -0.39 is 21.7 Å². The maximum absolute atomic E-state index is 13.5. The minimum absolute atomic E-state index is 0.0532. The number of rotatable bonds is 4. The number of nitrogens with zero attached hydrogens (tertiary/aromatic N) is 1. The SMILES string of the molecule is CS(=O)(=O)N1CCCC(CNc2c(F)cccc2F)C1. The van der Waals surface area contributed by atoms with Crippen molar-refractivity contribution >= 4 is 15.7 Å². The van der Waals surface area contributed by atoms with Gasteiger partial charge in [0.25, 0.3) is 0 Å². The van der Waals surface area contributed by atoms with Crippen LogP contribution in [0.4, 0.5) is 14.5 Å². The highest BCUT2D eigenvalue weighted by molar-refractivity contribution is 7.88. The number of sulfonamides is 1. The van der Waals surface area contributed by atoms with Crippen LogP contribution in [0.15, 0.2) is 18.2 Å². The van der Waals surface area contributed by atoms with E-state index in [1.807, 2.05) is 0 Å². The third-order valence-electron chi connectivity index (χ3n) is 3.48. The van der Waals surface area contributed by atoms with Crippen LogP contribution in [0.3, 0.4) is 0 Å². The molecule has 1 saturated heterocycles. The summed E-state index contributed by atoms with van der Waals surface area (Å²) in [5.41, 5.74) is -0.149. The summed E-state index contributed by atoms with van der Waals surface area (Å²) in [5.74, 6) is -1.22. The van der Waals surface area contributed by atoms with Crippen molar-refractivity contribution in [1.82, 2.24) is 4.31 Å². The third-order valence-corrected chi connectivity index (χ3v) is 4.75. The van der Waals surface area contributed by atoms with Gasteiger partial charge in [-0.05, 0) is 30.9 Å². The summed E-state index contributed by atoms with van der Waals surface area (Å²) in [5, 5.41) is 2.75. The Morgan fingerprint density at radius 3 is 2.60 bits per heavy atom. The molecule has 7 heteroatoms. The van der Waals surface area contributed by atoms with Gasteiger partial charge in [0.1, 0.15) is 17.3 Å². The van der Waals surface area contributed by atoms with Crippen molar-refractivity contribution in [3.05, 3.63) is 29.8 Å². The van der Waals surface area contributed by atoms with E-state index in [0.717, 1.165) is 12.8 Å². The minimum Gasteiger partial charge on any atom is -0.380 e. The Bertz CT molecular complexity index is 557. The molecule has 1 heterocycles. The van der Waals surface area contributed by atoms with Gasteiger partial charge in [0, 0.05) is 19.6 Å². The third kappa shape index (κ3) is 3.67. The first kappa shape index (κ1) is 15.2. The topological polar surface area (TPSA) is 49.4 Å². The predicted molar refractivity (Wildman–Crippen MR) is 74.0 cm³/mol. The number of para-hydroxylation sites is 1. The molecule has 1 atom stereocenters. The lowest BCUT2D eigenvalue weighted by atomic mass is 9.99. The highest BCUT2D eigenvalue weighted by Crippen LogP contribution is 2.22. The molecule has 0 saturated carbocycles. The van der Waals surface area contributed by atoms with E-state index in [1.165, 1.54) is 28.8 Å². The van der Waals surface area contributed by atoms with Crippen molar-refractivity contribution in [3.63, 3.8) is 0 Å². The number of hydrogen-bond donors (Lipinski definition) is 1. The van der Waals surface area contributed by atoms with Gasteiger partial charge >= 0.3 is 0 Å². The van der Waals surface area contributed by atoms with E-state index in [1.54, 1.807) is 0 Å². The van der Waals surface area contributed by atoms with Crippen LogP contribution in [0.2, 0.25) is 0 Å². The zero-order valence-electron chi connectivity index (χ0n) is 11.3. The zero-order valence-corrected chi connectivity index (χ0v) is 12.1. The van der Waals surface area contributed by atoms with Crippen LogP contribution in [0.1, 0.15) is 12.8 Å². The average molecular weight is 304 g/mol. The summed E-state index contributed by atoms with van der Waals surface area (Å²) in [6.45, 7) is 1.26. The molecular weight excluding hydrogens is 286 g/mol. The Morgan fingerprint density at radius 1 is 1.35 bits per heavy atom. The molecule has 4 nitrogen and oxygen atoms in total. The molecule has 2 rings (SSSR count). The Morgan fingerprint density at radius 2 is 2.00 bits per heavy atom. The van der Waals surface area contributed by atoms with Gasteiger partial charge in [-0.25, -0.2) is 21.5 Å². The monoisotopic (exact) mass is 304 g/mol. The molecule has 1 aliphatic heterocycles. The molecule has 1 aromatic carbocycles. The van der Waals surface area contributed by atoms with Crippen molar-refractivity contribution in [2.24, 2.45) is 5.92 Å². The second-order valence-corrected chi connectivity index (χ2v) is 7.09. The number of anilines is 1. The second kappa shape index (κ2) is 6.05. The summed E-state index contributed by atoms with van der Waals surface area (Å²) in [4.78, 5) is 0. The quantitative estimate of drug-likeness (QED) is 0.926. The highest BCUT2D eigenvalue weighted by Gasteiger charge is 2.26. The van der Waals surface area contributed by atoms with E-state index in [4.69, 9.17) is 0 Å². The van der Waals surface area contributed by atoms with E-state index >= 15 is 0 Å². The number of benzene rings is 1. The highest BCUT2D eigenvalue weighted by atomic mass is 32.2. The largest absolute Gasteiger partial charge is 0.380 e. The fraction of sp³-hybridized carbons (Fsp3) is 0.538. The van der Waals surface area contributed by atoms with Crippen LogP contribution < -0.4 is 5.32 Å². The van der Waals surface area contributed by atoms with Gasteiger partial charge in [0.15, 0.2) is 0 Å². The first-order chi connectivity index (χ1) is 9.38. The van der Waals surface area contributed by atoms with E-state index in [-0.39, 0.29) is 11.6 Å². The van der Waals surface area contributed by atoms with Crippen LogP contribution in [0.5, 0.6) is 0 Å². The van der Waals surface area contributed by atoms with Crippen molar-refractivity contribution in [2.75, 3.05) is 31.2 Å². The van der Waals surface area contributed by atoms with Crippen LogP contribution in [0.25, 0.3) is 0 Å². The Kier molecular flexibility index (Phi) is 4.59. The Labute approximate surface area is 117 Å². The van der Waals surface area contributed by atoms with Gasteiger partial charge in [-0.3, -0.25) is 0 Å². The molecule has 1 aliphatic rings. The molecule has 0 spiro atoms. The summed E-state index contributed by atoms with van der Waals surface area (Å²) in [6, 6.07) is 3.69. The van der Waals surface area contributed by atoms with E-state index in [9.17, 15) is 17.2 Å². The normalized spacial score (nSPS) is 20.9. The molecule has 112 valence electrons. The van der Waals surface area contributed by atoms with Crippen LogP contribution in [-0.2, 0) is 10.0 Å². The van der Waals surface area contributed by atoms with Crippen molar-refractivity contribution in [3.8, 4) is 0 Å². The van der Waals surface area contributed by atoms with Gasteiger partial charge < -0.3 is 5.32 Å². The minimum atomic E-state index is -3.20. The van der Waals surface area contributed by atoms with Gasteiger partial charge in [0.2, 0.25) is 10.0 Å². The Balaban J connectivity index is 1.97. The first-order valence-corrected chi connectivity index (χ1v) is 8.36. The molecule has 1 fully saturated rings. The van der Waals surface area contributed by atoms with Crippen molar-refractivity contribution in [2.45, 2.75) is 12.8 Å². The maximum atomic E-state index is 13.5. The van der Waals surface area contributed by atoms with Crippen molar-refractivity contribution < 1.29 is 17.2 Å². The Hall–Kier alpha value is -1.21. The van der Waals surface area contributed by atoms with Crippen molar-refractivity contribution in [1.29, 1.82) is 0 Å². The van der Waals surface area contributed by atoms with Gasteiger partial charge in [-0.2, -0.15) is 0 Å². The standard InChI is InChI=1S/C13H18F2N2O2S/c1-20(18,19)17-7-3-4-10(9-17)8-16-13-11(14)5-2-6-12(13)15/h2,5-6,10,16H,3-4,7-9H2,1H3. The van der Waals surface area contributed by atoms with Crippen LogP contribution >= 0.6 is 0 Å². The second-order valence-electron chi connectivity index (χ2n) is 5.11. The molecule has 0 bridgehead atoms. The molecule has 0 aliphatic carbocycles. The average Bonchev–Trinajstić information content (AvgIpc) is 2.37. The van der Waals surface area contributed by atoms with Gasteiger partial charge in [-0.15, -0.1) is 0 Å². The smallest absolute Gasteiger partial charge is 0.211 e. The van der Waals surface area contributed by atoms with Gasteiger partial charge in [-0.1, -0.05) is 6.07 Å². The summed E-state index contributed by atoms with van der Waals surface area (Å²) in [6.07, 6.45) is 2.79. The predicted octanol–water partition coefficient (Wildman–Crippen LogP) is 2.05. The van der Waals surface area contributed by atoms with E-state index in [2.05, 4.69) is 5.32 Å². The maximum Gasteiger partial charge on any atom is 0.211 e. The number of nitrogens with one attached hydrogen (secondary N) is 1. The zero-order chi connectivity index (χ0) is 14.8. The summed E-state index contributed by atoms with van der Waals surface area (Å²) >= 11 is 0. The lowest BCUT2D eigenvalue weighted by Crippen LogP contribution is -2.41.